The molecule has 2 heterocycles. The minimum absolute atomic E-state index is 0.0779. The molecular weight excluding hydrogens is 484 g/mol. The van der Waals surface area contributed by atoms with E-state index in [4.69, 9.17) is 28.4 Å². The van der Waals surface area contributed by atoms with Crippen molar-refractivity contribution in [2.45, 2.75) is 45.6 Å². The van der Waals surface area contributed by atoms with E-state index < -0.39 is 35.2 Å². The molecular formula is C27H30O10. The van der Waals surface area contributed by atoms with Gasteiger partial charge in [0.2, 0.25) is 12.5 Å². The highest BCUT2D eigenvalue weighted by atomic mass is 16.7. The van der Waals surface area contributed by atoms with Gasteiger partial charge in [0.05, 0.1) is 14.2 Å². The number of carbonyl (C=O) groups is 4. The zero-order chi connectivity index (χ0) is 27.1. The molecule has 0 saturated carbocycles. The summed E-state index contributed by atoms with van der Waals surface area (Å²) in [6, 6.07) is 1.66. The Balaban J connectivity index is 2.08. The maximum atomic E-state index is 13.9. The van der Waals surface area contributed by atoms with E-state index >= 15 is 0 Å². The van der Waals surface area contributed by atoms with Crippen LogP contribution in [0.15, 0.2) is 29.4 Å². The van der Waals surface area contributed by atoms with Gasteiger partial charge in [0, 0.05) is 28.7 Å². The lowest BCUT2D eigenvalue weighted by molar-refractivity contribution is -0.154. The summed E-state index contributed by atoms with van der Waals surface area (Å²) in [6.07, 6.45) is 2.26. The minimum atomic E-state index is -1.73. The average Bonchev–Trinajstić information content (AvgIpc) is 3.53. The number of esters is 3. The van der Waals surface area contributed by atoms with Crippen LogP contribution in [0.2, 0.25) is 0 Å². The fraction of sp³-hybridized carbons (Fsp3) is 0.481. The number of ketones is 1. The summed E-state index contributed by atoms with van der Waals surface area (Å²) in [5.74, 6) is -2.87. The summed E-state index contributed by atoms with van der Waals surface area (Å²) in [5.41, 5.74) is -0.263. The van der Waals surface area contributed by atoms with Crippen LogP contribution >= 0.6 is 0 Å². The van der Waals surface area contributed by atoms with Crippen molar-refractivity contribution in [3.8, 4) is 17.2 Å². The van der Waals surface area contributed by atoms with Crippen LogP contribution in [0.3, 0.4) is 0 Å². The Kier molecular flexibility index (Phi) is 7.03. The van der Waals surface area contributed by atoms with Crippen molar-refractivity contribution in [3.05, 3.63) is 40.5 Å². The maximum Gasteiger partial charge on any atom is 0.375 e. The van der Waals surface area contributed by atoms with Gasteiger partial charge in [-0.1, -0.05) is 19.9 Å². The normalized spacial score (nSPS) is 26.9. The summed E-state index contributed by atoms with van der Waals surface area (Å²) >= 11 is 0. The highest BCUT2D eigenvalue weighted by Crippen LogP contribution is 2.59. The van der Waals surface area contributed by atoms with Crippen molar-refractivity contribution in [2.24, 2.45) is 11.8 Å². The molecule has 0 aromatic heterocycles. The number of rotatable bonds is 5. The number of methoxy groups -OCH3 is 2. The Labute approximate surface area is 214 Å². The Morgan fingerprint density at radius 3 is 2.41 bits per heavy atom. The number of carbonyl (C=O) groups excluding carboxylic acids is 4. The number of hydrogen-bond acceptors (Lipinski definition) is 10. The summed E-state index contributed by atoms with van der Waals surface area (Å²) in [5, 5.41) is 0. The lowest BCUT2D eigenvalue weighted by Crippen LogP contribution is -2.47. The van der Waals surface area contributed by atoms with Crippen LogP contribution in [0.4, 0.5) is 0 Å². The first kappa shape index (κ1) is 26.2. The fourth-order valence-electron chi connectivity index (χ4n) is 5.10. The second kappa shape index (κ2) is 9.91. The molecule has 0 fully saturated rings. The molecule has 198 valence electrons. The third-order valence-corrected chi connectivity index (χ3v) is 7.52. The van der Waals surface area contributed by atoms with E-state index in [1.54, 1.807) is 26.0 Å². The largest absolute Gasteiger partial charge is 0.487 e. The SMILES string of the molecule is C/C=C(/C)C(=O)O[C@H]1c2cc3c(c4c2C(C(=O)C(=O)OC)(CO4)/C(=C/C(=O)OC)C[C@@H](C)[C@H]1C)OCO3. The second-order valence-electron chi connectivity index (χ2n) is 9.45. The van der Waals surface area contributed by atoms with Gasteiger partial charge in [-0.2, -0.15) is 0 Å². The van der Waals surface area contributed by atoms with Crippen molar-refractivity contribution >= 4 is 23.7 Å². The van der Waals surface area contributed by atoms with Crippen LogP contribution in [0.25, 0.3) is 0 Å². The Morgan fingerprint density at radius 2 is 1.76 bits per heavy atom. The quantitative estimate of drug-likeness (QED) is 0.251. The van der Waals surface area contributed by atoms with Crippen molar-refractivity contribution < 1.29 is 47.6 Å². The highest BCUT2D eigenvalue weighted by Gasteiger charge is 2.58. The molecule has 0 saturated heterocycles. The summed E-state index contributed by atoms with van der Waals surface area (Å²) in [7, 11) is 2.33. The Bertz CT molecular complexity index is 1230. The van der Waals surface area contributed by atoms with Gasteiger partial charge in [-0.25, -0.2) is 14.4 Å². The minimum Gasteiger partial charge on any atom is -0.487 e. The lowest BCUT2D eigenvalue weighted by atomic mass is 9.63. The number of hydrogen-bond donors (Lipinski definition) is 0. The van der Waals surface area contributed by atoms with Crippen LogP contribution < -0.4 is 14.2 Å². The van der Waals surface area contributed by atoms with Crippen molar-refractivity contribution in [1.29, 1.82) is 0 Å². The van der Waals surface area contributed by atoms with E-state index in [0.29, 0.717) is 22.5 Å². The number of benzene rings is 1. The molecule has 0 amide bonds. The fourth-order valence-corrected chi connectivity index (χ4v) is 5.10. The first-order valence-electron chi connectivity index (χ1n) is 12.0. The Morgan fingerprint density at radius 1 is 1.03 bits per heavy atom. The molecule has 1 unspecified atom stereocenters. The monoisotopic (exact) mass is 514 g/mol. The lowest BCUT2D eigenvalue weighted by Gasteiger charge is -2.39. The zero-order valence-corrected chi connectivity index (χ0v) is 21.7. The van der Waals surface area contributed by atoms with E-state index in [0.717, 1.165) is 7.11 Å². The molecule has 0 bridgehead atoms. The molecule has 10 heteroatoms. The van der Waals surface area contributed by atoms with Crippen LogP contribution in [-0.4, -0.2) is 51.3 Å². The van der Waals surface area contributed by atoms with Crippen molar-refractivity contribution in [2.75, 3.05) is 27.6 Å². The molecule has 1 aliphatic carbocycles. The predicted octanol–water partition coefficient (Wildman–Crippen LogP) is 3.11. The van der Waals surface area contributed by atoms with E-state index in [1.165, 1.54) is 13.2 Å². The molecule has 2 aliphatic heterocycles. The van der Waals surface area contributed by atoms with Gasteiger partial charge in [0.15, 0.2) is 11.5 Å². The van der Waals surface area contributed by atoms with Crippen LogP contribution in [0.1, 0.15) is 51.3 Å². The topological polar surface area (TPSA) is 124 Å². The van der Waals surface area contributed by atoms with E-state index in [2.05, 4.69) is 0 Å². The molecule has 3 aliphatic rings. The molecule has 4 atom stereocenters. The Hall–Kier alpha value is -3.82. The smallest absolute Gasteiger partial charge is 0.375 e. The van der Waals surface area contributed by atoms with Gasteiger partial charge >= 0.3 is 17.9 Å². The van der Waals surface area contributed by atoms with Gasteiger partial charge in [-0.05, 0) is 37.8 Å². The van der Waals surface area contributed by atoms with Gasteiger partial charge in [-0.3, -0.25) is 4.79 Å². The first-order valence-corrected chi connectivity index (χ1v) is 12.0. The third kappa shape index (κ3) is 4.14. The standard InChI is InChI=1S/C27H30O10/c1-7-13(2)25(30)37-21-15(4)14(3)8-16(9-19(28)32-5)27(24(29)26(31)33-6)11-34-23-20(27)17(21)10-18-22(23)36-12-35-18/h7,9-10,14-15,21H,8,11-12H2,1-6H3/b13-7-,16-9+/t14-,15-,21-,27?/m1/s1. The van der Waals surface area contributed by atoms with E-state index in [9.17, 15) is 19.2 Å². The number of ether oxygens (including phenoxy) is 6. The van der Waals surface area contributed by atoms with Crippen molar-refractivity contribution in [1.82, 2.24) is 0 Å². The summed E-state index contributed by atoms with van der Waals surface area (Å²) in [4.78, 5) is 52.0. The molecule has 1 aromatic rings. The molecule has 0 radical (unpaired) electrons. The molecule has 10 nitrogen and oxygen atoms in total. The molecule has 1 aromatic carbocycles. The zero-order valence-electron chi connectivity index (χ0n) is 21.7. The van der Waals surface area contributed by atoms with Crippen molar-refractivity contribution in [3.63, 3.8) is 0 Å². The first-order chi connectivity index (χ1) is 17.6. The summed E-state index contributed by atoms with van der Waals surface area (Å²) in [6.45, 7) is 6.86. The van der Waals surface area contributed by atoms with Gasteiger partial charge < -0.3 is 28.4 Å². The summed E-state index contributed by atoms with van der Waals surface area (Å²) < 4.78 is 33.1. The van der Waals surface area contributed by atoms with Gasteiger partial charge in [0.1, 0.15) is 18.1 Å². The van der Waals surface area contributed by atoms with Crippen LogP contribution in [-0.2, 0) is 38.8 Å². The van der Waals surface area contributed by atoms with Gasteiger partial charge in [0.25, 0.3) is 5.78 Å². The van der Waals surface area contributed by atoms with Crippen LogP contribution in [0, 0.1) is 11.8 Å². The predicted molar refractivity (Wildman–Crippen MR) is 128 cm³/mol. The molecule has 4 rings (SSSR count). The van der Waals surface area contributed by atoms with E-state index in [1.807, 2.05) is 13.8 Å². The second-order valence-corrected chi connectivity index (χ2v) is 9.45. The molecule has 37 heavy (non-hydrogen) atoms. The number of fused-ring (bicyclic) bond motifs is 2. The molecule has 0 N–H and O–H groups in total. The van der Waals surface area contributed by atoms with Gasteiger partial charge in [-0.15, -0.1) is 0 Å². The molecule has 0 spiro atoms. The average molecular weight is 515 g/mol. The maximum absolute atomic E-state index is 13.9. The highest BCUT2D eigenvalue weighted by molar-refractivity contribution is 6.38. The third-order valence-electron chi connectivity index (χ3n) is 7.52. The van der Waals surface area contributed by atoms with E-state index in [-0.39, 0.29) is 48.7 Å². The number of Topliss-reactive ketones (excluding diaryl/α,β-unsaturated/α-hetero) is 1. The van der Waals surface area contributed by atoms with Crippen LogP contribution in [0.5, 0.6) is 17.2 Å². The number of allylic oxidation sites excluding steroid dienone is 1.